The second kappa shape index (κ2) is 10.6. The van der Waals surface area contributed by atoms with Gasteiger partial charge in [0.2, 0.25) is 5.91 Å². The highest BCUT2D eigenvalue weighted by atomic mass is 35.5. The van der Waals surface area contributed by atoms with E-state index in [1.807, 2.05) is 11.9 Å². The number of benzene rings is 2. The van der Waals surface area contributed by atoms with E-state index in [1.165, 1.54) is 16.3 Å². The van der Waals surface area contributed by atoms with Crippen LogP contribution in [0.1, 0.15) is 12.0 Å². The third kappa shape index (κ3) is 5.58. The fourth-order valence-corrected chi connectivity index (χ4v) is 3.22. The number of hydrogen-bond donors (Lipinski definition) is 1. The molecular weight excluding hydrogens is 357 g/mol. The van der Waals surface area contributed by atoms with Gasteiger partial charge in [-0.3, -0.25) is 9.69 Å². The summed E-state index contributed by atoms with van der Waals surface area (Å²) in [4.78, 5) is 16.5. The lowest BCUT2D eigenvalue weighted by atomic mass is 10.0. The topological polar surface area (TPSA) is 35.6 Å². The highest BCUT2D eigenvalue weighted by Crippen LogP contribution is 2.20. The summed E-state index contributed by atoms with van der Waals surface area (Å²) in [6.07, 6.45) is 0.597. The van der Waals surface area contributed by atoms with Crippen molar-refractivity contribution in [2.75, 3.05) is 39.8 Å². The predicted octanol–water partition coefficient (Wildman–Crippen LogP) is 2.94. The zero-order chi connectivity index (χ0) is 16.1. The number of rotatable bonds is 5. The Morgan fingerprint density at radius 3 is 2.40 bits per heavy atom. The Kier molecular flexibility index (Phi) is 9.22. The molecule has 3 rings (SSSR count). The number of nitrogens with one attached hydrogen (secondary N) is 1. The molecule has 1 amide bonds. The fraction of sp³-hybridized carbons (Fsp3) is 0.421. The van der Waals surface area contributed by atoms with Crippen LogP contribution in [0.15, 0.2) is 42.5 Å². The third-order valence-corrected chi connectivity index (χ3v) is 4.59. The largest absolute Gasteiger partial charge is 0.340 e. The zero-order valence-electron chi connectivity index (χ0n) is 14.6. The third-order valence-electron chi connectivity index (χ3n) is 4.59. The Morgan fingerprint density at radius 1 is 1.00 bits per heavy atom. The molecule has 0 aliphatic carbocycles. The van der Waals surface area contributed by atoms with E-state index in [0.29, 0.717) is 6.42 Å². The van der Waals surface area contributed by atoms with Crippen LogP contribution in [0.4, 0.5) is 0 Å². The summed E-state index contributed by atoms with van der Waals surface area (Å²) in [5.41, 5.74) is 1.37. The summed E-state index contributed by atoms with van der Waals surface area (Å²) in [6, 6.07) is 15.1. The summed E-state index contributed by atoms with van der Waals surface area (Å²) in [5, 5.41) is 5.67. The van der Waals surface area contributed by atoms with E-state index < -0.39 is 0 Å². The molecule has 0 radical (unpaired) electrons. The first-order valence-corrected chi connectivity index (χ1v) is 8.39. The number of carbonyl (C=O) groups excluding carboxylic acids is 1. The summed E-state index contributed by atoms with van der Waals surface area (Å²) in [6.45, 7) is 5.30. The smallest absolute Gasteiger partial charge is 0.223 e. The van der Waals surface area contributed by atoms with Gasteiger partial charge in [-0.05, 0) is 23.4 Å². The lowest BCUT2D eigenvalue weighted by molar-refractivity contribution is -0.132. The molecule has 1 aliphatic rings. The van der Waals surface area contributed by atoms with Crippen LogP contribution in [-0.4, -0.2) is 55.5 Å². The van der Waals surface area contributed by atoms with Gasteiger partial charge in [0.15, 0.2) is 0 Å². The van der Waals surface area contributed by atoms with Gasteiger partial charge >= 0.3 is 0 Å². The number of hydrogen-bond acceptors (Lipinski definition) is 3. The average Bonchev–Trinajstić information content (AvgIpc) is 2.60. The van der Waals surface area contributed by atoms with E-state index in [1.54, 1.807) is 0 Å². The van der Waals surface area contributed by atoms with Crippen molar-refractivity contribution in [2.45, 2.75) is 13.0 Å². The van der Waals surface area contributed by atoms with Crippen molar-refractivity contribution >= 4 is 41.5 Å². The van der Waals surface area contributed by atoms with Crippen molar-refractivity contribution in [1.29, 1.82) is 0 Å². The second-order valence-electron chi connectivity index (χ2n) is 6.15. The zero-order valence-corrected chi connectivity index (χ0v) is 16.2. The summed E-state index contributed by atoms with van der Waals surface area (Å²) < 4.78 is 0. The summed E-state index contributed by atoms with van der Waals surface area (Å²) in [7, 11) is 1.88. The molecule has 4 nitrogen and oxygen atoms in total. The molecule has 1 heterocycles. The van der Waals surface area contributed by atoms with Gasteiger partial charge in [-0.2, -0.15) is 0 Å². The van der Waals surface area contributed by atoms with E-state index in [2.05, 4.69) is 52.7 Å². The molecule has 0 saturated carbocycles. The molecule has 1 aliphatic heterocycles. The standard InChI is InChI=1S/C19H25N3O.2ClH/c1-20-10-9-19(23)22-13-11-21(12-14-22)15-17-7-4-6-16-5-2-3-8-18(16)17;;/h2-8,20H,9-15H2,1H3;2*1H. The van der Waals surface area contributed by atoms with E-state index in [-0.39, 0.29) is 30.7 Å². The quantitative estimate of drug-likeness (QED) is 0.861. The number of fused-ring (bicyclic) bond motifs is 1. The van der Waals surface area contributed by atoms with Crippen LogP contribution < -0.4 is 5.32 Å². The van der Waals surface area contributed by atoms with Gasteiger partial charge in [0.1, 0.15) is 0 Å². The van der Waals surface area contributed by atoms with Gasteiger partial charge in [-0.1, -0.05) is 42.5 Å². The lowest BCUT2D eigenvalue weighted by Gasteiger charge is -2.35. The van der Waals surface area contributed by atoms with E-state index in [9.17, 15) is 4.79 Å². The van der Waals surface area contributed by atoms with Gasteiger partial charge in [0, 0.05) is 45.7 Å². The number of carbonyl (C=O) groups is 1. The van der Waals surface area contributed by atoms with Crippen LogP contribution in [-0.2, 0) is 11.3 Å². The summed E-state index contributed by atoms with van der Waals surface area (Å²) >= 11 is 0. The van der Waals surface area contributed by atoms with Gasteiger partial charge < -0.3 is 10.2 Å². The average molecular weight is 384 g/mol. The van der Waals surface area contributed by atoms with Crippen molar-refractivity contribution in [3.63, 3.8) is 0 Å². The Balaban J connectivity index is 0.00000156. The molecule has 0 spiro atoms. The van der Waals surface area contributed by atoms with Crippen molar-refractivity contribution < 1.29 is 4.79 Å². The fourth-order valence-electron chi connectivity index (χ4n) is 3.22. The Labute approximate surface area is 162 Å². The highest BCUT2D eigenvalue weighted by molar-refractivity contribution is 5.86. The Hall–Kier alpha value is -1.33. The van der Waals surface area contributed by atoms with Crippen LogP contribution in [0.2, 0.25) is 0 Å². The van der Waals surface area contributed by atoms with Gasteiger partial charge in [-0.25, -0.2) is 0 Å². The molecule has 2 aromatic carbocycles. The molecule has 138 valence electrons. The number of halogens is 2. The van der Waals surface area contributed by atoms with Gasteiger partial charge in [-0.15, -0.1) is 24.8 Å². The molecule has 0 bridgehead atoms. The van der Waals surface area contributed by atoms with Crippen molar-refractivity contribution in [2.24, 2.45) is 0 Å². The van der Waals surface area contributed by atoms with Crippen LogP contribution in [0.3, 0.4) is 0 Å². The Bertz CT molecular complexity index is 667. The van der Waals surface area contributed by atoms with Gasteiger partial charge in [0.25, 0.3) is 0 Å². The number of amides is 1. The SMILES string of the molecule is CNCCC(=O)N1CCN(Cc2cccc3ccccc23)CC1.Cl.Cl. The second-order valence-corrected chi connectivity index (χ2v) is 6.15. The molecule has 0 atom stereocenters. The highest BCUT2D eigenvalue weighted by Gasteiger charge is 2.20. The van der Waals surface area contributed by atoms with E-state index in [0.717, 1.165) is 39.3 Å². The summed E-state index contributed by atoms with van der Waals surface area (Å²) in [5.74, 6) is 0.268. The molecule has 1 N–H and O–H groups in total. The van der Waals surface area contributed by atoms with Crippen molar-refractivity contribution in [3.05, 3.63) is 48.0 Å². The minimum absolute atomic E-state index is 0. The molecule has 2 aromatic rings. The minimum Gasteiger partial charge on any atom is -0.340 e. The maximum atomic E-state index is 12.1. The van der Waals surface area contributed by atoms with Crippen LogP contribution in [0.25, 0.3) is 10.8 Å². The molecule has 0 aromatic heterocycles. The van der Waals surface area contributed by atoms with Crippen molar-refractivity contribution in [3.8, 4) is 0 Å². The van der Waals surface area contributed by atoms with E-state index >= 15 is 0 Å². The molecule has 25 heavy (non-hydrogen) atoms. The van der Waals surface area contributed by atoms with Crippen LogP contribution in [0, 0.1) is 0 Å². The maximum Gasteiger partial charge on any atom is 0.223 e. The monoisotopic (exact) mass is 383 g/mol. The maximum absolute atomic E-state index is 12.1. The normalized spacial score (nSPS) is 14.7. The number of piperazine rings is 1. The van der Waals surface area contributed by atoms with Crippen molar-refractivity contribution in [1.82, 2.24) is 15.1 Å². The van der Waals surface area contributed by atoms with Gasteiger partial charge in [0.05, 0.1) is 0 Å². The lowest BCUT2D eigenvalue weighted by Crippen LogP contribution is -2.48. The first-order valence-electron chi connectivity index (χ1n) is 8.39. The number of nitrogens with zero attached hydrogens (tertiary/aromatic N) is 2. The molecule has 0 unspecified atom stereocenters. The molecule has 1 fully saturated rings. The predicted molar refractivity (Wildman–Crippen MR) is 109 cm³/mol. The van der Waals surface area contributed by atoms with E-state index in [4.69, 9.17) is 0 Å². The molecular formula is C19H27Cl2N3O. The van der Waals surface area contributed by atoms with Crippen LogP contribution in [0.5, 0.6) is 0 Å². The Morgan fingerprint density at radius 2 is 1.68 bits per heavy atom. The first kappa shape index (κ1) is 21.7. The molecule has 6 heteroatoms. The minimum atomic E-state index is 0. The molecule has 1 saturated heterocycles. The first-order chi connectivity index (χ1) is 11.3. The van der Waals surface area contributed by atoms with Crippen LogP contribution >= 0.6 is 24.8 Å².